The van der Waals surface area contributed by atoms with Crippen LogP contribution in [0, 0.1) is 5.92 Å². The summed E-state index contributed by atoms with van der Waals surface area (Å²) in [7, 11) is 0. The molecule has 2 heterocycles. The van der Waals surface area contributed by atoms with Crippen LogP contribution in [0.2, 0.25) is 0 Å². The van der Waals surface area contributed by atoms with Crippen molar-refractivity contribution in [1.29, 1.82) is 0 Å². The molecule has 0 saturated carbocycles. The van der Waals surface area contributed by atoms with E-state index in [0.717, 1.165) is 25.4 Å². The molecule has 2 unspecified atom stereocenters. The molecule has 0 aromatic carbocycles. The van der Waals surface area contributed by atoms with Crippen molar-refractivity contribution in [2.24, 2.45) is 5.92 Å². The summed E-state index contributed by atoms with van der Waals surface area (Å²) in [6, 6.07) is 4.91. The fraction of sp³-hybridized carbons (Fsp3) is 0.688. The Balaban J connectivity index is 1.84. The molecule has 0 amide bonds. The summed E-state index contributed by atoms with van der Waals surface area (Å²) < 4.78 is 0. The molecule has 0 bridgehead atoms. The van der Waals surface area contributed by atoms with Gasteiger partial charge in [-0.3, -0.25) is 4.98 Å². The molecule has 3 heteroatoms. The number of nitrogens with one attached hydrogen (secondary N) is 1. The van der Waals surface area contributed by atoms with Crippen LogP contribution >= 0.6 is 0 Å². The van der Waals surface area contributed by atoms with Crippen LogP contribution in [-0.2, 0) is 6.42 Å². The van der Waals surface area contributed by atoms with Gasteiger partial charge in [0.25, 0.3) is 0 Å². The van der Waals surface area contributed by atoms with Gasteiger partial charge in [-0.1, -0.05) is 19.9 Å². The highest BCUT2D eigenvalue weighted by atomic mass is 15.1. The molecule has 19 heavy (non-hydrogen) atoms. The quantitative estimate of drug-likeness (QED) is 0.901. The average molecular weight is 261 g/mol. The third-order valence-corrected chi connectivity index (χ3v) is 4.05. The van der Waals surface area contributed by atoms with Crippen molar-refractivity contribution in [2.45, 2.75) is 39.2 Å². The van der Waals surface area contributed by atoms with Gasteiger partial charge in [-0.15, -0.1) is 0 Å². The minimum atomic E-state index is 0.698. The number of hydrogen-bond acceptors (Lipinski definition) is 3. The molecule has 3 nitrogen and oxygen atoms in total. The van der Waals surface area contributed by atoms with Gasteiger partial charge in [0.15, 0.2) is 0 Å². The maximum Gasteiger partial charge on any atom is 0.0300 e. The van der Waals surface area contributed by atoms with Gasteiger partial charge in [-0.25, -0.2) is 0 Å². The average Bonchev–Trinajstić information content (AvgIpc) is 2.43. The van der Waals surface area contributed by atoms with Gasteiger partial charge in [0.05, 0.1) is 0 Å². The summed E-state index contributed by atoms with van der Waals surface area (Å²) >= 11 is 0. The van der Waals surface area contributed by atoms with E-state index in [1.165, 1.54) is 31.5 Å². The summed E-state index contributed by atoms with van der Waals surface area (Å²) in [4.78, 5) is 6.82. The van der Waals surface area contributed by atoms with Crippen LogP contribution in [0.5, 0.6) is 0 Å². The van der Waals surface area contributed by atoms with E-state index in [9.17, 15) is 0 Å². The zero-order chi connectivity index (χ0) is 13.5. The van der Waals surface area contributed by atoms with E-state index in [1.807, 2.05) is 18.5 Å². The van der Waals surface area contributed by atoms with Crippen molar-refractivity contribution < 1.29 is 0 Å². The molecule has 1 N–H and O–H groups in total. The Morgan fingerprint density at radius 2 is 2.37 bits per heavy atom. The number of pyridine rings is 1. The Morgan fingerprint density at radius 1 is 1.47 bits per heavy atom. The van der Waals surface area contributed by atoms with Crippen LogP contribution < -0.4 is 5.32 Å². The maximum atomic E-state index is 4.19. The lowest BCUT2D eigenvalue weighted by molar-refractivity contribution is 0.199. The molecular formula is C16H27N3. The van der Waals surface area contributed by atoms with E-state index in [-0.39, 0.29) is 0 Å². The molecular weight excluding hydrogens is 234 g/mol. The zero-order valence-electron chi connectivity index (χ0n) is 12.3. The lowest BCUT2D eigenvalue weighted by atomic mass is 10.0. The van der Waals surface area contributed by atoms with Crippen molar-refractivity contribution in [3.8, 4) is 0 Å². The van der Waals surface area contributed by atoms with Gasteiger partial charge in [0.1, 0.15) is 0 Å². The van der Waals surface area contributed by atoms with E-state index < -0.39 is 0 Å². The van der Waals surface area contributed by atoms with Crippen LogP contribution in [0.25, 0.3) is 0 Å². The minimum Gasteiger partial charge on any atom is -0.314 e. The molecule has 2 atom stereocenters. The monoisotopic (exact) mass is 261 g/mol. The Morgan fingerprint density at radius 3 is 3.11 bits per heavy atom. The Hall–Kier alpha value is -0.930. The molecule has 1 aromatic heterocycles. The number of rotatable bonds is 4. The van der Waals surface area contributed by atoms with E-state index in [0.29, 0.717) is 6.04 Å². The number of nitrogens with zero attached hydrogens (tertiary/aromatic N) is 2. The third kappa shape index (κ3) is 4.92. The molecule has 0 spiro atoms. The first-order valence-corrected chi connectivity index (χ1v) is 7.62. The molecule has 1 fully saturated rings. The first kappa shape index (κ1) is 14.5. The number of hydrogen-bond donors (Lipinski definition) is 1. The Kier molecular flexibility index (Phi) is 5.80. The predicted octanol–water partition coefficient (Wildman–Crippen LogP) is 2.33. The number of aromatic nitrogens is 1. The van der Waals surface area contributed by atoms with Gasteiger partial charge in [-0.05, 0) is 49.9 Å². The highest BCUT2D eigenvalue weighted by molar-refractivity contribution is 5.08. The predicted molar refractivity (Wildman–Crippen MR) is 80.2 cm³/mol. The van der Waals surface area contributed by atoms with Crippen molar-refractivity contribution in [3.05, 3.63) is 30.1 Å². The smallest absolute Gasteiger partial charge is 0.0300 e. The summed E-state index contributed by atoms with van der Waals surface area (Å²) in [5, 5.41) is 3.68. The molecule has 0 radical (unpaired) electrons. The summed E-state index contributed by atoms with van der Waals surface area (Å²) in [6.07, 6.45) is 7.47. The Labute approximate surface area is 117 Å². The molecule has 1 saturated heterocycles. The topological polar surface area (TPSA) is 28.2 Å². The van der Waals surface area contributed by atoms with Crippen LogP contribution in [0.1, 0.15) is 32.3 Å². The largest absolute Gasteiger partial charge is 0.314 e. The van der Waals surface area contributed by atoms with E-state index in [4.69, 9.17) is 0 Å². The molecule has 1 aliphatic rings. The van der Waals surface area contributed by atoms with Crippen molar-refractivity contribution >= 4 is 0 Å². The van der Waals surface area contributed by atoms with Crippen molar-refractivity contribution in [2.75, 3.05) is 26.2 Å². The molecule has 106 valence electrons. The summed E-state index contributed by atoms with van der Waals surface area (Å²) in [5.74, 6) is 0.739. The highest BCUT2D eigenvalue weighted by Gasteiger charge is 2.17. The fourth-order valence-corrected chi connectivity index (χ4v) is 2.79. The zero-order valence-corrected chi connectivity index (χ0v) is 12.3. The highest BCUT2D eigenvalue weighted by Crippen LogP contribution is 2.10. The molecule has 2 rings (SSSR count). The van der Waals surface area contributed by atoms with Crippen LogP contribution in [0.15, 0.2) is 24.5 Å². The normalized spacial score (nSPS) is 25.8. The van der Waals surface area contributed by atoms with E-state index in [1.54, 1.807) is 0 Å². The van der Waals surface area contributed by atoms with Gasteiger partial charge in [0, 0.05) is 31.5 Å². The van der Waals surface area contributed by atoms with E-state index in [2.05, 4.69) is 35.1 Å². The van der Waals surface area contributed by atoms with Gasteiger partial charge < -0.3 is 10.2 Å². The van der Waals surface area contributed by atoms with E-state index >= 15 is 0 Å². The third-order valence-electron chi connectivity index (χ3n) is 4.05. The first-order valence-electron chi connectivity index (χ1n) is 7.62. The van der Waals surface area contributed by atoms with Crippen LogP contribution in [-0.4, -0.2) is 42.1 Å². The molecule has 0 aliphatic carbocycles. The van der Waals surface area contributed by atoms with Crippen LogP contribution in [0.3, 0.4) is 0 Å². The van der Waals surface area contributed by atoms with Crippen LogP contribution in [0.4, 0.5) is 0 Å². The first-order chi connectivity index (χ1) is 9.28. The van der Waals surface area contributed by atoms with Crippen molar-refractivity contribution in [3.63, 3.8) is 0 Å². The minimum absolute atomic E-state index is 0.698. The molecule has 1 aromatic rings. The lowest BCUT2D eigenvalue weighted by Gasteiger charge is -2.32. The second kappa shape index (κ2) is 7.61. The summed E-state index contributed by atoms with van der Waals surface area (Å²) in [6.45, 7) is 9.38. The standard InChI is InChI=1S/C16H27N3/c1-3-16-7-10-19(13-14(2)11-18-16)9-6-15-5-4-8-17-12-15/h4-5,8,12,14,16,18H,3,6-7,9-11,13H2,1-2H3. The van der Waals surface area contributed by atoms with Gasteiger partial charge in [-0.2, -0.15) is 0 Å². The lowest BCUT2D eigenvalue weighted by Crippen LogP contribution is -2.43. The summed E-state index contributed by atoms with van der Waals surface area (Å²) in [5.41, 5.74) is 1.35. The van der Waals surface area contributed by atoms with Gasteiger partial charge in [0.2, 0.25) is 0 Å². The second-order valence-electron chi connectivity index (χ2n) is 5.82. The Bertz CT molecular complexity index is 352. The van der Waals surface area contributed by atoms with Gasteiger partial charge >= 0.3 is 0 Å². The second-order valence-corrected chi connectivity index (χ2v) is 5.82. The molecule has 1 aliphatic heterocycles. The maximum absolute atomic E-state index is 4.19. The van der Waals surface area contributed by atoms with Crippen molar-refractivity contribution in [1.82, 2.24) is 15.2 Å². The SMILES string of the molecule is CCC1CCN(CCc2cccnc2)CC(C)CN1. The fourth-order valence-electron chi connectivity index (χ4n) is 2.79.